The van der Waals surface area contributed by atoms with E-state index in [-0.39, 0.29) is 12.2 Å². The molecule has 0 saturated carbocycles. The SMILES string of the molecule is Cc1cc#cc(COc2ccc3ncc(-c4cc(F)c(F)c(F)c4)n3n2)c1. The van der Waals surface area contributed by atoms with Crippen LogP contribution < -0.4 is 4.74 Å². The first-order chi connectivity index (χ1) is 13.0. The molecular formula is C20H12F3N3O. The second-order valence-electron chi connectivity index (χ2n) is 5.95. The molecule has 0 spiro atoms. The van der Waals surface area contributed by atoms with Crippen molar-refractivity contribution < 1.29 is 17.9 Å². The topological polar surface area (TPSA) is 39.4 Å². The van der Waals surface area contributed by atoms with E-state index < -0.39 is 17.5 Å². The Balaban J connectivity index is 1.67. The second kappa shape index (κ2) is 6.65. The average Bonchev–Trinajstić information content (AvgIpc) is 3.07. The lowest BCUT2D eigenvalue weighted by Gasteiger charge is -2.07. The molecule has 0 atom stereocenters. The number of hydrogen-bond acceptors (Lipinski definition) is 3. The normalized spacial score (nSPS) is 10.8. The third-order valence-electron chi connectivity index (χ3n) is 3.93. The number of benzene rings is 1. The molecule has 0 aliphatic carbocycles. The van der Waals surface area contributed by atoms with Crippen LogP contribution in [0.3, 0.4) is 0 Å². The first kappa shape index (κ1) is 16.9. The summed E-state index contributed by atoms with van der Waals surface area (Å²) in [7, 11) is 0. The van der Waals surface area contributed by atoms with Gasteiger partial charge in [-0.05, 0) is 42.8 Å². The molecule has 0 unspecified atom stereocenters. The molecule has 4 aromatic rings. The van der Waals surface area contributed by atoms with Gasteiger partial charge in [-0.25, -0.2) is 22.7 Å². The smallest absolute Gasteiger partial charge is 0.232 e. The van der Waals surface area contributed by atoms with E-state index >= 15 is 0 Å². The Morgan fingerprint density at radius 2 is 1.89 bits per heavy atom. The zero-order valence-electron chi connectivity index (χ0n) is 14.1. The van der Waals surface area contributed by atoms with Crippen LogP contribution in [0.1, 0.15) is 11.1 Å². The quantitative estimate of drug-likeness (QED) is 0.505. The predicted octanol–water partition coefficient (Wildman–Crippen LogP) is 4.30. The standard InChI is InChI=1S/C20H12F3N3O/c1-12-3-2-4-13(7-12)11-27-19-6-5-18-24-10-17(26(18)25-19)14-8-15(21)20(23)16(22)9-14/h3,5-10H,11H2,1H3. The van der Waals surface area contributed by atoms with Crippen LogP contribution in [0.4, 0.5) is 13.2 Å². The molecular weight excluding hydrogens is 355 g/mol. The van der Waals surface area contributed by atoms with Gasteiger partial charge in [0.1, 0.15) is 6.61 Å². The van der Waals surface area contributed by atoms with E-state index in [9.17, 15) is 13.2 Å². The van der Waals surface area contributed by atoms with Gasteiger partial charge in [-0.2, -0.15) is 0 Å². The molecule has 2 heterocycles. The maximum Gasteiger partial charge on any atom is 0.232 e. The van der Waals surface area contributed by atoms with Crippen LogP contribution in [-0.4, -0.2) is 14.6 Å². The van der Waals surface area contributed by atoms with Gasteiger partial charge in [-0.3, -0.25) is 0 Å². The molecule has 0 radical (unpaired) electrons. The van der Waals surface area contributed by atoms with Gasteiger partial charge in [0.15, 0.2) is 23.1 Å². The lowest BCUT2D eigenvalue weighted by atomic mass is 10.1. The number of imidazole rings is 1. The summed E-state index contributed by atoms with van der Waals surface area (Å²) in [5.41, 5.74) is 2.73. The molecule has 0 fully saturated rings. The van der Waals surface area contributed by atoms with Crippen LogP contribution in [0.25, 0.3) is 16.9 Å². The molecule has 0 bridgehead atoms. The van der Waals surface area contributed by atoms with Crippen molar-refractivity contribution in [1.82, 2.24) is 14.6 Å². The van der Waals surface area contributed by atoms with Crippen LogP contribution in [0.2, 0.25) is 0 Å². The van der Waals surface area contributed by atoms with Gasteiger partial charge in [0.05, 0.1) is 11.9 Å². The van der Waals surface area contributed by atoms with Crippen LogP contribution in [-0.2, 0) is 6.61 Å². The van der Waals surface area contributed by atoms with Gasteiger partial charge in [-0.15, -0.1) is 5.10 Å². The van der Waals surface area contributed by atoms with Gasteiger partial charge in [0.25, 0.3) is 0 Å². The third-order valence-corrected chi connectivity index (χ3v) is 3.93. The number of halogens is 3. The Morgan fingerprint density at radius 3 is 2.63 bits per heavy atom. The number of aryl methyl sites for hydroxylation is 1. The summed E-state index contributed by atoms with van der Waals surface area (Å²) in [5, 5.41) is 4.30. The van der Waals surface area contributed by atoms with Crippen molar-refractivity contribution in [2.75, 3.05) is 0 Å². The molecule has 134 valence electrons. The molecule has 0 aliphatic rings. The van der Waals surface area contributed by atoms with Gasteiger partial charge in [0, 0.05) is 17.2 Å². The van der Waals surface area contributed by atoms with Crippen LogP contribution >= 0.6 is 0 Å². The Labute approximate surface area is 152 Å². The summed E-state index contributed by atoms with van der Waals surface area (Å²) in [6.07, 6.45) is 1.40. The summed E-state index contributed by atoms with van der Waals surface area (Å²) in [5.74, 6) is -3.78. The first-order valence-corrected chi connectivity index (χ1v) is 8.02. The average molecular weight is 367 g/mol. The lowest BCUT2D eigenvalue weighted by molar-refractivity contribution is 0.289. The van der Waals surface area contributed by atoms with Crippen molar-refractivity contribution >= 4 is 5.65 Å². The highest BCUT2D eigenvalue weighted by Gasteiger charge is 2.15. The molecule has 0 saturated heterocycles. The molecule has 0 N–H and O–H groups in total. The van der Waals surface area contributed by atoms with E-state index in [0.717, 1.165) is 23.3 Å². The molecule has 4 rings (SSSR count). The van der Waals surface area contributed by atoms with Gasteiger partial charge in [-0.1, -0.05) is 12.1 Å². The highest BCUT2D eigenvalue weighted by atomic mass is 19.2. The Morgan fingerprint density at radius 1 is 1.11 bits per heavy atom. The summed E-state index contributed by atoms with van der Waals surface area (Å²) in [6.45, 7) is 2.18. The zero-order chi connectivity index (χ0) is 19.0. The fourth-order valence-electron chi connectivity index (χ4n) is 2.66. The molecule has 0 aliphatic heterocycles. The van der Waals surface area contributed by atoms with Crippen molar-refractivity contribution in [3.05, 3.63) is 83.3 Å². The Hall–Kier alpha value is -3.53. The number of nitrogens with zero attached hydrogens (tertiary/aromatic N) is 3. The number of aromatic nitrogens is 3. The van der Waals surface area contributed by atoms with Gasteiger partial charge < -0.3 is 4.74 Å². The van der Waals surface area contributed by atoms with E-state index in [0.29, 0.717) is 17.2 Å². The van der Waals surface area contributed by atoms with E-state index in [1.165, 1.54) is 10.7 Å². The number of rotatable bonds is 4. The highest BCUT2D eigenvalue weighted by molar-refractivity contribution is 5.63. The monoisotopic (exact) mass is 367 g/mol. The fraction of sp³-hybridized carbons (Fsp3) is 0.100. The highest BCUT2D eigenvalue weighted by Crippen LogP contribution is 2.25. The molecule has 7 heteroatoms. The van der Waals surface area contributed by atoms with Crippen LogP contribution in [0.5, 0.6) is 5.88 Å². The van der Waals surface area contributed by atoms with Crippen molar-refractivity contribution in [2.45, 2.75) is 13.5 Å². The predicted molar refractivity (Wildman–Crippen MR) is 91.5 cm³/mol. The number of fused-ring (bicyclic) bond motifs is 1. The third kappa shape index (κ3) is 3.29. The lowest BCUT2D eigenvalue weighted by Crippen LogP contribution is -2.02. The Bertz CT molecular complexity index is 1120. The molecule has 4 nitrogen and oxygen atoms in total. The maximum atomic E-state index is 13.6. The molecule has 2 aromatic heterocycles. The first-order valence-electron chi connectivity index (χ1n) is 8.02. The largest absolute Gasteiger partial charge is 0.471 e. The minimum absolute atomic E-state index is 0.116. The summed E-state index contributed by atoms with van der Waals surface area (Å²) < 4.78 is 47.4. The minimum Gasteiger partial charge on any atom is -0.471 e. The Kier molecular flexibility index (Phi) is 4.16. The van der Waals surface area contributed by atoms with Crippen molar-refractivity contribution in [3.63, 3.8) is 0 Å². The van der Waals surface area contributed by atoms with Crippen molar-refractivity contribution in [1.29, 1.82) is 0 Å². The molecule has 27 heavy (non-hydrogen) atoms. The fourth-order valence-corrected chi connectivity index (χ4v) is 2.66. The zero-order valence-corrected chi connectivity index (χ0v) is 14.1. The van der Waals surface area contributed by atoms with E-state index in [1.54, 1.807) is 12.1 Å². The maximum absolute atomic E-state index is 13.6. The van der Waals surface area contributed by atoms with Crippen LogP contribution in [0, 0.1) is 36.5 Å². The number of ether oxygens (including phenoxy) is 1. The van der Waals surface area contributed by atoms with Crippen molar-refractivity contribution in [2.24, 2.45) is 0 Å². The summed E-state index contributed by atoms with van der Waals surface area (Å²) in [6, 6.07) is 14.7. The second-order valence-corrected chi connectivity index (χ2v) is 5.95. The van der Waals surface area contributed by atoms with Gasteiger partial charge >= 0.3 is 0 Å². The summed E-state index contributed by atoms with van der Waals surface area (Å²) >= 11 is 0. The van der Waals surface area contributed by atoms with E-state index in [2.05, 4.69) is 22.2 Å². The van der Waals surface area contributed by atoms with Crippen LogP contribution in [0.15, 0.2) is 42.6 Å². The number of hydrogen-bond donors (Lipinski definition) is 0. The van der Waals surface area contributed by atoms with Crippen molar-refractivity contribution in [3.8, 4) is 17.1 Å². The van der Waals surface area contributed by atoms with E-state index in [4.69, 9.17) is 4.74 Å². The minimum atomic E-state index is -1.52. The van der Waals surface area contributed by atoms with E-state index in [1.807, 2.05) is 19.1 Å². The van der Waals surface area contributed by atoms with Gasteiger partial charge in [0.2, 0.25) is 5.88 Å². The summed E-state index contributed by atoms with van der Waals surface area (Å²) in [4.78, 5) is 4.14. The molecule has 2 aromatic carbocycles. The molecule has 0 amide bonds.